The van der Waals surface area contributed by atoms with Crippen molar-refractivity contribution >= 4 is 50.6 Å². The van der Waals surface area contributed by atoms with Crippen LogP contribution >= 0.6 is 22.7 Å². The van der Waals surface area contributed by atoms with Crippen LogP contribution in [0.4, 0.5) is 10.9 Å². The smallest absolute Gasteiger partial charge is 0.256 e. The Bertz CT molecular complexity index is 1500. The summed E-state index contributed by atoms with van der Waals surface area (Å²) in [5, 5.41) is 6.70. The first-order valence-electron chi connectivity index (χ1n) is 11.6. The van der Waals surface area contributed by atoms with Crippen LogP contribution in [0, 0.1) is 12.8 Å². The van der Waals surface area contributed by atoms with Gasteiger partial charge in [0, 0.05) is 24.2 Å². The lowest BCUT2D eigenvalue weighted by atomic mass is 10.0. The molecule has 2 unspecified atom stereocenters. The molecule has 1 aliphatic heterocycles. The average Bonchev–Trinajstić information content (AvgIpc) is 3.27. The highest BCUT2D eigenvalue weighted by atomic mass is 32.2. The van der Waals surface area contributed by atoms with E-state index in [0.29, 0.717) is 29.0 Å². The lowest BCUT2D eigenvalue weighted by Gasteiger charge is -2.24. The van der Waals surface area contributed by atoms with Crippen molar-refractivity contribution in [1.82, 2.24) is 19.9 Å². The van der Waals surface area contributed by atoms with Gasteiger partial charge in [-0.15, -0.1) is 11.3 Å². The number of rotatable bonds is 7. The number of nitrogens with zero attached hydrogens (tertiary/aromatic N) is 4. The van der Waals surface area contributed by atoms with Crippen molar-refractivity contribution in [2.24, 2.45) is 5.92 Å². The zero-order valence-corrected chi connectivity index (χ0v) is 22.0. The Morgan fingerprint density at radius 3 is 2.81 bits per heavy atom. The predicted molar refractivity (Wildman–Crippen MR) is 142 cm³/mol. The maximum atomic E-state index is 13.2. The molecule has 1 aromatic carbocycles. The summed E-state index contributed by atoms with van der Waals surface area (Å²) in [4.78, 5) is 29.7. The fraction of sp³-hybridized carbons (Fsp3) is 0.280. The van der Waals surface area contributed by atoms with Gasteiger partial charge in [-0.05, 0) is 68.0 Å². The summed E-state index contributed by atoms with van der Waals surface area (Å²) in [6, 6.07) is 9.46. The summed E-state index contributed by atoms with van der Waals surface area (Å²) in [5.41, 5.74) is 3.53. The van der Waals surface area contributed by atoms with Crippen LogP contribution in [0.15, 0.2) is 46.8 Å². The van der Waals surface area contributed by atoms with Crippen molar-refractivity contribution in [3.63, 3.8) is 0 Å². The van der Waals surface area contributed by atoms with E-state index in [2.05, 4.69) is 27.2 Å². The van der Waals surface area contributed by atoms with Crippen molar-refractivity contribution in [3.05, 3.63) is 58.7 Å². The van der Waals surface area contributed by atoms with Gasteiger partial charge < -0.3 is 14.8 Å². The molecule has 1 aliphatic carbocycles. The van der Waals surface area contributed by atoms with Crippen molar-refractivity contribution in [3.8, 4) is 21.1 Å². The van der Waals surface area contributed by atoms with Gasteiger partial charge in [-0.25, -0.2) is 19.2 Å². The number of nitrogens with one attached hydrogen (secondary N) is 1. The molecule has 2 atom stereocenters. The van der Waals surface area contributed by atoms with E-state index in [-0.39, 0.29) is 16.8 Å². The van der Waals surface area contributed by atoms with E-state index in [1.807, 2.05) is 41.5 Å². The molecule has 11 heteroatoms. The fourth-order valence-electron chi connectivity index (χ4n) is 4.67. The zero-order valence-electron chi connectivity index (χ0n) is 19.6. The van der Waals surface area contributed by atoms with Gasteiger partial charge in [0.2, 0.25) is 0 Å². The second-order valence-corrected chi connectivity index (χ2v) is 11.9. The molecule has 0 spiro atoms. The monoisotopic (exact) mass is 537 g/mol. The number of fused-ring (bicyclic) bond motifs is 1. The normalized spacial score (nSPS) is 16.8. The molecule has 36 heavy (non-hydrogen) atoms. The highest BCUT2D eigenvalue weighted by Gasteiger charge is 2.40. The number of hydrogen-bond donors (Lipinski definition) is 2. The zero-order chi connectivity index (χ0) is 25.0. The first-order valence-corrected chi connectivity index (χ1v) is 14.4. The second kappa shape index (κ2) is 9.15. The predicted octanol–water partition coefficient (Wildman–Crippen LogP) is 5.72. The molecule has 0 bridgehead atoms. The van der Waals surface area contributed by atoms with E-state index >= 15 is 0 Å². The van der Waals surface area contributed by atoms with Crippen LogP contribution in [0.1, 0.15) is 41.4 Å². The summed E-state index contributed by atoms with van der Waals surface area (Å²) in [6.45, 7) is 4.44. The fourth-order valence-corrected chi connectivity index (χ4v) is 6.86. The number of aryl methyl sites for hydroxylation is 1. The van der Waals surface area contributed by atoms with Crippen LogP contribution in [-0.2, 0) is 17.6 Å². The molecule has 4 aromatic rings. The highest BCUT2D eigenvalue weighted by Crippen LogP contribution is 2.42. The molecule has 4 heterocycles. The topological polar surface area (TPSA) is 108 Å². The van der Waals surface area contributed by atoms with E-state index in [1.54, 1.807) is 12.3 Å². The van der Waals surface area contributed by atoms with Gasteiger partial charge in [0.25, 0.3) is 5.91 Å². The van der Waals surface area contributed by atoms with Gasteiger partial charge in [0.1, 0.15) is 16.5 Å². The number of pyridine rings is 1. The summed E-state index contributed by atoms with van der Waals surface area (Å²) < 4.78 is 22.3. The maximum absolute atomic E-state index is 13.2. The Hall–Kier alpha value is -2.99. The number of carbonyl (C=O) groups is 1. The van der Waals surface area contributed by atoms with Gasteiger partial charge in [0.15, 0.2) is 16.2 Å². The van der Waals surface area contributed by atoms with E-state index < -0.39 is 11.1 Å². The molecular weight excluding hydrogens is 515 g/mol. The van der Waals surface area contributed by atoms with Gasteiger partial charge in [-0.3, -0.25) is 4.79 Å². The van der Waals surface area contributed by atoms with E-state index in [0.717, 1.165) is 45.2 Å². The molecule has 2 aliphatic rings. The Labute approximate surface area is 218 Å². The minimum Gasteiger partial charge on any atom is -0.331 e. The standard InChI is InChI=1S/C25H23N5O3S3/c1-13-22(35-25(27-13)29-20-5-3-4-18(28-20)23-26-8-9-34-23)16-10-17-12-30(14(2)15-6-7-15)24(31)21(17)19(11-16)36(32)33/h3-5,8-11,14-15H,6-7,12H2,1-2H3,(H,32,33)(H,27,28,29). The van der Waals surface area contributed by atoms with Crippen LogP contribution < -0.4 is 5.32 Å². The lowest BCUT2D eigenvalue weighted by molar-refractivity contribution is 0.0694. The molecule has 1 amide bonds. The number of aromatic nitrogens is 3. The van der Waals surface area contributed by atoms with Gasteiger partial charge >= 0.3 is 0 Å². The van der Waals surface area contributed by atoms with Crippen LogP contribution in [-0.4, -0.2) is 40.6 Å². The first kappa shape index (κ1) is 23.4. The van der Waals surface area contributed by atoms with E-state index in [1.165, 1.54) is 22.7 Å². The van der Waals surface area contributed by atoms with Crippen LogP contribution in [0.5, 0.6) is 0 Å². The number of carbonyl (C=O) groups excluding carboxylic acids is 1. The molecule has 3 aromatic heterocycles. The average molecular weight is 538 g/mol. The molecule has 8 nitrogen and oxygen atoms in total. The second-order valence-electron chi connectivity index (χ2n) is 9.07. The lowest BCUT2D eigenvalue weighted by Crippen LogP contribution is -2.34. The quantitative estimate of drug-likeness (QED) is 0.291. The largest absolute Gasteiger partial charge is 0.331 e. The SMILES string of the molecule is Cc1nc(Nc2cccc(-c3nccs3)n2)sc1-c1cc2c(c(S(=O)O)c1)C(=O)N(C(C)C1CC1)C2. The third-order valence-electron chi connectivity index (χ3n) is 6.68. The Kier molecular flexibility index (Phi) is 5.95. The number of thiazole rings is 2. The molecule has 1 fully saturated rings. The highest BCUT2D eigenvalue weighted by molar-refractivity contribution is 7.79. The Morgan fingerprint density at radius 2 is 2.08 bits per heavy atom. The van der Waals surface area contributed by atoms with Gasteiger partial charge in [0.05, 0.1) is 21.0 Å². The summed E-state index contributed by atoms with van der Waals surface area (Å²) in [6.07, 6.45) is 4.01. The third kappa shape index (κ3) is 4.26. The van der Waals surface area contributed by atoms with Crippen molar-refractivity contribution in [1.29, 1.82) is 0 Å². The number of hydrogen-bond acceptors (Lipinski definition) is 8. The van der Waals surface area contributed by atoms with E-state index in [4.69, 9.17) is 0 Å². The van der Waals surface area contributed by atoms with Crippen molar-refractivity contribution in [2.75, 3.05) is 5.32 Å². The molecule has 0 saturated heterocycles. The van der Waals surface area contributed by atoms with E-state index in [9.17, 15) is 13.6 Å². The molecule has 6 rings (SSSR count). The van der Waals surface area contributed by atoms with Gasteiger partial charge in [-0.1, -0.05) is 17.4 Å². The van der Waals surface area contributed by atoms with Crippen LogP contribution in [0.25, 0.3) is 21.1 Å². The van der Waals surface area contributed by atoms with Gasteiger partial charge in [-0.2, -0.15) is 0 Å². The molecule has 1 saturated carbocycles. The Balaban J connectivity index is 1.32. The summed E-state index contributed by atoms with van der Waals surface area (Å²) in [7, 11) is 0. The third-order valence-corrected chi connectivity index (χ3v) is 9.29. The van der Waals surface area contributed by atoms with Crippen LogP contribution in [0.2, 0.25) is 0 Å². The van der Waals surface area contributed by atoms with Crippen molar-refractivity contribution in [2.45, 2.75) is 44.2 Å². The van der Waals surface area contributed by atoms with Crippen molar-refractivity contribution < 1.29 is 13.6 Å². The minimum absolute atomic E-state index is 0.127. The molecule has 184 valence electrons. The molecule has 2 N–H and O–H groups in total. The summed E-state index contributed by atoms with van der Waals surface area (Å²) in [5.74, 6) is 1.03. The molecular formula is C25H23N5O3S3. The Morgan fingerprint density at radius 1 is 1.25 bits per heavy atom. The minimum atomic E-state index is -2.28. The van der Waals surface area contributed by atoms with Crippen LogP contribution in [0.3, 0.4) is 0 Å². The maximum Gasteiger partial charge on any atom is 0.256 e. The number of anilines is 2. The molecule has 0 radical (unpaired) electrons. The number of amides is 1. The first-order chi connectivity index (χ1) is 17.4. The number of benzene rings is 1. The summed E-state index contributed by atoms with van der Waals surface area (Å²) >= 11 is 0.692.